The fourth-order valence-corrected chi connectivity index (χ4v) is 5.39. The van der Waals surface area contributed by atoms with Gasteiger partial charge in [0, 0.05) is 49.9 Å². The quantitative estimate of drug-likeness (QED) is 0.388. The molecule has 0 aliphatic carbocycles. The Bertz CT molecular complexity index is 1450. The average molecular weight is 496 g/mol. The van der Waals surface area contributed by atoms with Gasteiger partial charge in [-0.25, -0.2) is 4.98 Å². The maximum atomic E-state index is 12.4. The molecule has 0 spiro atoms. The van der Waals surface area contributed by atoms with Gasteiger partial charge >= 0.3 is 0 Å². The highest BCUT2D eigenvalue weighted by molar-refractivity contribution is 5.94. The van der Waals surface area contributed by atoms with Crippen LogP contribution in [0.5, 0.6) is 11.5 Å². The number of carbonyl (C=O) groups excluding carboxylic acids is 2. The Balaban J connectivity index is 1.37. The summed E-state index contributed by atoms with van der Waals surface area (Å²) in [7, 11) is 0. The number of nitrogens with one attached hydrogen (secondary N) is 1. The standard InChI is InChI=1S/C29H29N5O3/c1-19(35)33-16-6-8-26(33)22-17-24-25(32-29(31-24)23-7-2-4-14-30-23)18-27(22)37-21-12-10-20(11-13-21)34-15-5-3-9-28(34)36/h2,4,7,10-14,17-18,26H,3,5-6,8-9,15-16H2,1H3,(H,31,32). The van der Waals surface area contributed by atoms with E-state index in [0.29, 0.717) is 23.7 Å². The van der Waals surface area contributed by atoms with Gasteiger partial charge in [0.1, 0.15) is 17.2 Å². The number of piperidine rings is 1. The van der Waals surface area contributed by atoms with Gasteiger partial charge < -0.3 is 19.5 Å². The third-order valence-electron chi connectivity index (χ3n) is 7.24. The second kappa shape index (κ2) is 9.69. The zero-order valence-corrected chi connectivity index (χ0v) is 20.8. The summed E-state index contributed by atoms with van der Waals surface area (Å²) in [6, 6.07) is 17.3. The van der Waals surface area contributed by atoms with E-state index in [9.17, 15) is 9.59 Å². The Labute approximate surface area is 215 Å². The summed E-state index contributed by atoms with van der Waals surface area (Å²) in [6.45, 7) is 3.10. The highest BCUT2D eigenvalue weighted by Crippen LogP contribution is 2.41. The lowest BCUT2D eigenvalue weighted by molar-refractivity contribution is -0.129. The summed E-state index contributed by atoms with van der Waals surface area (Å²) in [5.41, 5.74) is 4.24. The molecule has 8 nitrogen and oxygen atoms in total. The second-order valence-electron chi connectivity index (χ2n) is 9.68. The lowest BCUT2D eigenvalue weighted by atomic mass is 10.0. The van der Waals surface area contributed by atoms with Crippen LogP contribution in [0.2, 0.25) is 0 Å². The van der Waals surface area contributed by atoms with Gasteiger partial charge in [-0.05, 0) is 68.1 Å². The van der Waals surface area contributed by atoms with Gasteiger partial charge in [0.15, 0.2) is 5.82 Å². The Kier molecular flexibility index (Phi) is 6.08. The van der Waals surface area contributed by atoms with Crippen molar-refractivity contribution in [1.29, 1.82) is 0 Å². The van der Waals surface area contributed by atoms with Gasteiger partial charge in [-0.2, -0.15) is 0 Å². The molecule has 0 saturated carbocycles. The van der Waals surface area contributed by atoms with Crippen LogP contribution in [0.3, 0.4) is 0 Å². The Morgan fingerprint density at radius 2 is 1.92 bits per heavy atom. The molecule has 2 fully saturated rings. The molecule has 0 radical (unpaired) electrons. The van der Waals surface area contributed by atoms with Gasteiger partial charge in [-0.15, -0.1) is 0 Å². The molecule has 4 heterocycles. The van der Waals surface area contributed by atoms with Crippen molar-refractivity contribution < 1.29 is 14.3 Å². The molecule has 2 aliphatic rings. The molecule has 2 aromatic heterocycles. The van der Waals surface area contributed by atoms with Crippen LogP contribution in [0.15, 0.2) is 60.8 Å². The highest BCUT2D eigenvalue weighted by Gasteiger charge is 2.31. The van der Waals surface area contributed by atoms with Crippen molar-refractivity contribution in [3.63, 3.8) is 0 Å². The number of imidazole rings is 1. The number of nitrogens with zero attached hydrogens (tertiary/aromatic N) is 4. The van der Waals surface area contributed by atoms with Gasteiger partial charge in [-0.1, -0.05) is 6.07 Å². The first-order chi connectivity index (χ1) is 18.1. The average Bonchev–Trinajstić information content (AvgIpc) is 3.57. The van der Waals surface area contributed by atoms with E-state index in [1.807, 2.05) is 58.3 Å². The predicted octanol–water partition coefficient (Wildman–Crippen LogP) is 5.62. The molecule has 2 amide bonds. The fourth-order valence-electron chi connectivity index (χ4n) is 5.39. The summed E-state index contributed by atoms with van der Waals surface area (Å²) in [4.78, 5) is 41.0. The number of ether oxygens (including phenoxy) is 1. The number of hydrogen-bond donors (Lipinski definition) is 1. The molecule has 1 N–H and O–H groups in total. The van der Waals surface area contributed by atoms with Crippen molar-refractivity contribution in [3.8, 4) is 23.0 Å². The zero-order chi connectivity index (χ0) is 25.4. The number of likely N-dealkylation sites (tertiary alicyclic amines) is 1. The van der Waals surface area contributed by atoms with E-state index < -0.39 is 0 Å². The van der Waals surface area contributed by atoms with Crippen LogP contribution >= 0.6 is 0 Å². The first-order valence-electron chi connectivity index (χ1n) is 12.9. The summed E-state index contributed by atoms with van der Waals surface area (Å²) in [5, 5.41) is 0. The van der Waals surface area contributed by atoms with Crippen LogP contribution in [-0.4, -0.2) is 44.8 Å². The summed E-state index contributed by atoms with van der Waals surface area (Å²) in [5.74, 6) is 2.25. The zero-order valence-electron chi connectivity index (χ0n) is 20.8. The smallest absolute Gasteiger partial charge is 0.226 e. The van der Waals surface area contributed by atoms with Crippen molar-refractivity contribution in [3.05, 3.63) is 66.4 Å². The topological polar surface area (TPSA) is 91.4 Å². The van der Waals surface area contributed by atoms with Gasteiger partial charge in [-0.3, -0.25) is 14.6 Å². The number of pyridine rings is 1. The van der Waals surface area contributed by atoms with E-state index in [0.717, 1.165) is 66.8 Å². The lowest BCUT2D eigenvalue weighted by Crippen LogP contribution is -2.35. The number of aromatic amines is 1. The minimum Gasteiger partial charge on any atom is -0.457 e. The van der Waals surface area contributed by atoms with Crippen molar-refractivity contribution in [2.24, 2.45) is 0 Å². The number of fused-ring (bicyclic) bond motifs is 1. The molecule has 2 saturated heterocycles. The number of rotatable bonds is 5. The first-order valence-corrected chi connectivity index (χ1v) is 12.9. The maximum Gasteiger partial charge on any atom is 0.226 e. The monoisotopic (exact) mass is 495 g/mol. The largest absolute Gasteiger partial charge is 0.457 e. The van der Waals surface area contributed by atoms with E-state index >= 15 is 0 Å². The number of aromatic nitrogens is 3. The molecule has 1 unspecified atom stereocenters. The minimum atomic E-state index is -0.0660. The fraction of sp³-hybridized carbons (Fsp3) is 0.310. The third-order valence-corrected chi connectivity index (χ3v) is 7.24. The Morgan fingerprint density at radius 3 is 2.68 bits per heavy atom. The predicted molar refractivity (Wildman–Crippen MR) is 141 cm³/mol. The van der Waals surface area contributed by atoms with Crippen LogP contribution in [0, 0.1) is 0 Å². The lowest BCUT2D eigenvalue weighted by Gasteiger charge is -2.27. The summed E-state index contributed by atoms with van der Waals surface area (Å²) in [6.07, 6.45) is 6.13. The normalized spacial score (nSPS) is 18.0. The van der Waals surface area contributed by atoms with Crippen molar-refractivity contribution in [2.75, 3.05) is 18.0 Å². The Hall–Kier alpha value is -4.20. The van der Waals surface area contributed by atoms with Crippen LogP contribution in [-0.2, 0) is 9.59 Å². The molecular formula is C29H29N5O3. The third kappa shape index (κ3) is 4.55. The molecule has 37 heavy (non-hydrogen) atoms. The molecule has 1 atom stereocenters. The van der Waals surface area contributed by atoms with Gasteiger partial charge in [0.2, 0.25) is 11.8 Å². The molecule has 0 bridgehead atoms. The number of anilines is 1. The number of hydrogen-bond acceptors (Lipinski definition) is 5. The molecule has 188 valence electrons. The molecule has 2 aliphatic heterocycles. The van der Waals surface area contributed by atoms with Crippen molar-refractivity contribution in [1.82, 2.24) is 19.9 Å². The maximum absolute atomic E-state index is 12.4. The van der Waals surface area contributed by atoms with Crippen LogP contribution < -0.4 is 9.64 Å². The summed E-state index contributed by atoms with van der Waals surface area (Å²) < 4.78 is 6.43. The minimum absolute atomic E-state index is 0.0582. The number of amides is 2. The number of H-pyrrole nitrogens is 1. The molecule has 6 rings (SSSR count). The number of carbonyl (C=O) groups is 2. The molecule has 2 aromatic carbocycles. The highest BCUT2D eigenvalue weighted by atomic mass is 16.5. The van der Waals surface area contributed by atoms with Crippen LogP contribution in [0.25, 0.3) is 22.6 Å². The second-order valence-corrected chi connectivity index (χ2v) is 9.68. The van der Waals surface area contributed by atoms with Gasteiger partial charge in [0.05, 0.1) is 17.1 Å². The van der Waals surface area contributed by atoms with E-state index in [-0.39, 0.29) is 17.9 Å². The summed E-state index contributed by atoms with van der Waals surface area (Å²) >= 11 is 0. The number of benzene rings is 2. The van der Waals surface area contributed by atoms with Crippen LogP contribution in [0.4, 0.5) is 5.69 Å². The molecule has 8 heteroatoms. The van der Waals surface area contributed by atoms with E-state index in [1.165, 1.54) is 0 Å². The van der Waals surface area contributed by atoms with Crippen molar-refractivity contribution in [2.45, 2.75) is 45.1 Å². The van der Waals surface area contributed by atoms with E-state index in [4.69, 9.17) is 9.72 Å². The molecule has 4 aromatic rings. The first kappa shape index (κ1) is 23.2. The SMILES string of the molecule is CC(=O)N1CCCC1c1cc2[nH]c(-c3ccccn3)nc2cc1Oc1ccc(N2CCCCC2=O)cc1. The van der Waals surface area contributed by atoms with Crippen LogP contribution in [0.1, 0.15) is 50.6 Å². The molecular weight excluding hydrogens is 466 g/mol. The van der Waals surface area contributed by atoms with E-state index in [1.54, 1.807) is 13.1 Å². The Morgan fingerprint density at radius 1 is 1.05 bits per heavy atom. The van der Waals surface area contributed by atoms with Crippen molar-refractivity contribution >= 4 is 28.5 Å². The van der Waals surface area contributed by atoms with Gasteiger partial charge in [0.25, 0.3) is 0 Å². The van der Waals surface area contributed by atoms with E-state index in [2.05, 4.69) is 16.0 Å².